The first kappa shape index (κ1) is 26.5. The fraction of sp³-hybridized carbons (Fsp3) is 0.636. The minimum Gasteiger partial charge on any atom is -0.444 e. The zero-order chi connectivity index (χ0) is 23.7. The van der Waals surface area contributed by atoms with Crippen LogP contribution in [0.1, 0.15) is 54.4 Å². The molecule has 1 aromatic rings. The van der Waals surface area contributed by atoms with E-state index < -0.39 is 29.2 Å². The molecule has 0 bridgehead atoms. The monoisotopic (exact) mass is 441 g/mol. The summed E-state index contributed by atoms with van der Waals surface area (Å²) in [7, 11) is 1.59. The van der Waals surface area contributed by atoms with Gasteiger partial charge >= 0.3 is 12.2 Å². The van der Waals surface area contributed by atoms with E-state index in [1.165, 1.54) is 12.1 Å². The van der Waals surface area contributed by atoms with E-state index >= 15 is 0 Å². The maximum atomic E-state index is 14.1. The molecule has 3 N–H and O–H groups in total. The van der Waals surface area contributed by atoms with Crippen LogP contribution in [0.2, 0.25) is 0 Å². The fourth-order valence-corrected chi connectivity index (χ4v) is 2.61. The van der Waals surface area contributed by atoms with Crippen LogP contribution in [0, 0.1) is 5.82 Å². The summed E-state index contributed by atoms with van der Waals surface area (Å²) in [4.78, 5) is 23.7. The number of hydrogen-bond acceptors (Lipinski definition) is 6. The number of anilines is 2. The van der Waals surface area contributed by atoms with Crippen LogP contribution in [0.4, 0.5) is 25.4 Å². The van der Waals surface area contributed by atoms with Crippen molar-refractivity contribution in [1.82, 2.24) is 5.32 Å². The largest absolute Gasteiger partial charge is 0.444 e. The lowest BCUT2D eigenvalue weighted by atomic mass is 10.1. The van der Waals surface area contributed by atoms with Crippen LogP contribution in [0.25, 0.3) is 0 Å². The molecule has 0 aliphatic rings. The molecule has 0 fully saturated rings. The van der Waals surface area contributed by atoms with Gasteiger partial charge in [0.1, 0.15) is 17.0 Å². The number of methoxy groups -OCH3 is 1. The third-order valence-electron chi connectivity index (χ3n) is 3.74. The Balaban J connectivity index is 2.63. The van der Waals surface area contributed by atoms with Crippen LogP contribution in [0.5, 0.6) is 0 Å². The molecule has 0 radical (unpaired) electrons. The van der Waals surface area contributed by atoms with Crippen LogP contribution >= 0.6 is 0 Å². The molecule has 0 heterocycles. The lowest BCUT2D eigenvalue weighted by Crippen LogP contribution is -2.34. The molecular weight excluding hydrogens is 405 g/mol. The molecule has 9 heteroatoms. The average Bonchev–Trinajstić information content (AvgIpc) is 2.58. The number of amides is 2. The van der Waals surface area contributed by atoms with E-state index in [9.17, 15) is 14.0 Å². The van der Waals surface area contributed by atoms with Gasteiger partial charge in [-0.15, -0.1) is 0 Å². The first-order valence-corrected chi connectivity index (χ1v) is 10.3. The van der Waals surface area contributed by atoms with Crippen LogP contribution in [0.15, 0.2) is 18.2 Å². The van der Waals surface area contributed by atoms with Crippen molar-refractivity contribution in [2.75, 3.05) is 30.9 Å². The first-order valence-electron chi connectivity index (χ1n) is 10.3. The van der Waals surface area contributed by atoms with Crippen LogP contribution < -0.4 is 16.0 Å². The molecule has 1 rings (SSSR count). The summed E-state index contributed by atoms with van der Waals surface area (Å²) in [5.74, 6) is -0.568. The van der Waals surface area contributed by atoms with Crippen LogP contribution in [0.3, 0.4) is 0 Å². The third kappa shape index (κ3) is 12.0. The maximum Gasteiger partial charge on any atom is 0.412 e. The van der Waals surface area contributed by atoms with Crippen molar-refractivity contribution < 1.29 is 28.2 Å². The number of nitrogens with one attached hydrogen (secondary N) is 3. The summed E-state index contributed by atoms with van der Waals surface area (Å²) in [5.41, 5.74) is -0.595. The minimum absolute atomic E-state index is 0.0157. The lowest BCUT2D eigenvalue weighted by Gasteiger charge is -2.22. The molecule has 0 saturated heterocycles. The van der Waals surface area contributed by atoms with E-state index in [1.807, 2.05) is 0 Å². The number of alkyl carbamates (subject to hydrolysis) is 1. The van der Waals surface area contributed by atoms with Gasteiger partial charge in [-0.3, -0.25) is 5.32 Å². The molecule has 1 unspecified atom stereocenters. The van der Waals surface area contributed by atoms with E-state index in [2.05, 4.69) is 16.0 Å². The Labute approximate surface area is 184 Å². The van der Waals surface area contributed by atoms with Gasteiger partial charge in [-0.05, 0) is 72.6 Å². The second-order valence-corrected chi connectivity index (χ2v) is 9.19. The zero-order valence-electron chi connectivity index (χ0n) is 19.6. The molecule has 0 aliphatic heterocycles. The second-order valence-electron chi connectivity index (χ2n) is 9.19. The van der Waals surface area contributed by atoms with Gasteiger partial charge in [0.2, 0.25) is 0 Å². The molecular formula is C22H36FN3O5. The van der Waals surface area contributed by atoms with E-state index in [0.717, 1.165) is 0 Å². The SMILES string of the molecule is COCC(CCCNC(=O)OC(C)(C)C)Nc1ccc(F)c(NC(=O)OC(C)(C)C)c1. The summed E-state index contributed by atoms with van der Waals surface area (Å²) < 4.78 is 29.7. The van der Waals surface area contributed by atoms with Crippen molar-refractivity contribution in [2.24, 2.45) is 0 Å². The van der Waals surface area contributed by atoms with Gasteiger partial charge in [-0.25, -0.2) is 14.0 Å². The average molecular weight is 442 g/mol. The van der Waals surface area contributed by atoms with Crippen molar-refractivity contribution >= 4 is 23.6 Å². The minimum atomic E-state index is -0.731. The highest BCUT2D eigenvalue weighted by molar-refractivity contribution is 5.85. The van der Waals surface area contributed by atoms with Gasteiger partial charge in [-0.1, -0.05) is 0 Å². The molecule has 1 atom stereocenters. The third-order valence-corrected chi connectivity index (χ3v) is 3.74. The van der Waals surface area contributed by atoms with Gasteiger partial charge in [-0.2, -0.15) is 0 Å². The zero-order valence-corrected chi connectivity index (χ0v) is 19.6. The number of rotatable bonds is 9. The number of carbonyl (C=O) groups excluding carboxylic acids is 2. The van der Waals surface area contributed by atoms with Gasteiger partial charge in [0.05, 0.1) is 12.3 Å². The van der Waals surface area contributed by atoms with Crippen LogP contribution in [-0.2, 0) is 14.2 Å². The van der Waals surface area contributed by atoms with Gasteiger partial charge in [0.25, 0.3) is 0 Å². The predicted molar refractivity (Wildman–Crippen MR) is 119 cm³/mol. The lowest BCUT2D eigenvalue weighted by molar-refractivity contribution is 0.0525. The van der Waals surface area contributed by atoms with E-state index in [4.69, 9.17) is 14.2 Å². The summed E-state index contributed by atoms with van der Waals surface area (Å²) in [6, 6.07) is 4.27. The van der Waals surface area contributed by atoms with E-state index in [1.54, 1.807) is 54.7 Å². The molecule has 31 heavy (non-hydrogen) atoms. The van der Waals surface area contributed by atoms with Gasteiger partial charge in [0.15, 0.2) is 0 Å². The number of halogens is 1. The Hall–Kier alpha value is -2.55. The summed E-state index contributed by atoms with van der Waals surface area (Å²) in [6.45, 7) is 11.5. The summed E-state index contributed by atoms with van der Waals surface area (Å²) in [5, 5.41) is 8.41. The number of ether oxygens (including phenoxy) is 3. The predicted octanol–water partition coefficient (Wildman–Crippen LogP) is 4.90. The van der Waals surface area contributed by atoms with E-state index in [0.29, 0.717) is 31.7 Å². The Morgan fingerprint density at radius 3 is 2.23 bits per heavy atom. The number of benzene rings is 1. The Morgan fingerprint density at radius 1 is 1.03 bits per heavy atom. The van der Waals surface area contributed by atoms with Crippen molar-refractivity contribution in [3.8, 4) is 0 Å². The standard InChI is InChI=1S/C22H36FN3O5/c1-21(2,3)30-19(27)24-12-8-9-16(14-29-7)25-15-10-11-17(23)18(13-15)26-20(28)31-22(4,5)6/h10-11,13,16,25H,8-9,12,14H2,1-7H3,(H,24,27)(H,26,28). The van der Waals surface area contributed by atoms with Crippen molar-refractivity contribution in [1.29, 1.82) is 0 Å². The van der Waals surface area contributed by atoms with Crippen molar-refractivity contribution in [3.05, 3.63) is 24.0 Å². The Morgan fingerprint density at radius 2 is 1.65 bits per heavy atom. The normalized spacial score (nSPS) is 12.6. The van der Waals surface area contributed by atoms with Gasteiger partial charge < -0.3 is 24.8 Å². The molecule has 0 aromatic heterocycles. The van der Waals surface area contributed by atoms with Crippen LogP contribution in [-0.4, -0.2) is 49.7 Å². The van der Waals surface area contributed by atoms with Crippen molar-refractivity contribution in [3.63, 3.8) is 0 Å². The molecule has 0 saturated carbocycles. The molecule has 0 aliphatic carbocycles. The molecule has 1 aromatic carbocycles. The molecule has 8 nitrogen and oxygen atoms in total. The quantitative estimate of drug-likeness (QED) is 0.471. The smallest absolute Gasteiger partial charge is 0.412 e. The van der Waals surface area contributed by atoms with Crippen molar-refractivity contribution in [2.45, 2.75) is 71.6 Å². The second kappa shape index (κ2) is 11.7. The summed E-state index contributed by atoms with van der Waals surface area (Å²) in [6.07, 6.45) is 0.186. The Bertz CT molecular complexity index is 729. The number of carbonyl (C=O) groups is 2. The molecule has 176 valence electrons. The topological polar surface area (TPSA) is 97.9 Å². The maximum absolute atomic E-state index is 14.1. The van der Waals surface area contributed by atoms with Gasteiger partial charge in [0, 0.05) is 25.4 Å². The van der Waals surface area contributed by atoms with E-state index in [-0.39, 0.29) is 11.7 Å². The highest BCUT2D eigenvalue weighted by atomic mass is 19.1. The number of hydrogen-bond donors (Lipinski definition) is 3. The fourth-order valence-electron chi connectivity index (χ4n) is 2.61. The molecule has 2 amide bonds. The first-order chi connectivity index (χ1) is 14.3. The molecule has 0 spiro atoms. The summed E-state index contributed by atoms with van der Waals surface area (Å²) >= 11 is 0. The Kier molecular flexibility index (Phi) is 10.0. The highest BCUT2D eigenvalue weighted by Gasteiger charge is 2.18. The highest BCUT2D eigenvalue weighted by Crippen LogP contribution is 2.22.